The molecular formula is C7H12N4S. The molecule has 0 amide bonds. The molecular weight excluding hydrogens is 172 g/mol. The van der Waals surface area contributed by atoms with Gasteiger partial charge in [0, 0.05) is 31.1 Å². The van der Waals surface area contributed by atoms with E-state index in [0.29, 0.717) is 6.04 Å². The van der Waals surface area contributed by atoms with Gasteiger partial charge in [0.1, 0.15) is 0 Å². The van der Waals surface area contributed by atoms with E-state index in [9.17, 15) is 0 Å². The Morgan fingerprint density at radius 1 is 1.75 bits per heavy atom. The van der Waals surface area contributed by atoms with Crippen LogP contribution < -0.4 is 5.73 Å². The van der Waals surface area contributed by atoms with Gasteiger partial charge in [0.2, 0.25) is 0 Å². The molecule has 2 rings (SSSR count). The van der Waals surface area contributed by atoms with Crippen LogP contribution in [0.5, 0.6) is 0 Å². The first-order valence-electron chi connectivity index (χ1n) is 4.10. The molecule has 12 heavy (non-hydrogen) atoms. The van der Waals surface area contributed by atoms with Crippen LogP contribution in [0.1, 0.15) is 12.1 Å². The van der Waals surface area contributed by atoms with Gasteiger partial charge >= 0.3 is 0 Å². The van der Waals surface area contributed by atoms with E-state index in [1.807, 2.05) is 5.38 Å². The molecule has 1 saturated heterocycles. The predicted molar refractivity (Wildman–Crippen MR) is 47.8 cm³/mol. The van der Waals surface area contributed by atoms with E-state index in [2.05, 4.69) is 14.5 Å². The Morgan fingerprint density at radius 3 is 3.17 bits per heavy atom. The maximum atomic E-state index is 5.58. The zero-order valence-electron chi connectivity index (χ0n) is 6.81. The van der Waals surface area contributed by atoms with E-state index < -0.39 is 0 Å². The van der Waals surface area contributed by atoms with Crippen LogP contribution in [-0.4, -0.2) is 33.6 Å². The third-order valence-electron chi connectivity index (χ3n) is 2.31. The molecule has 2 heterocycles. The summed E-state index contributed by atoms with van der Waals surface area (Å²) in [6.45, 7) is 2.83. The van der Waals surface area contributed by atoms with Crippen LogP contribution in [0, 0.1) is 0 Å². The highest BCUT2D eigenvalue weighted by Gasteiger charge is 2.26. The quantitative estimate of drug-likeness (QED) is 0.722. The molecule has 1 aliphatic rings. The van der Waals surface area contributed by atoms with Crippen molar-refractivity contribution >= 4 is 11.5 Å². The van der Waals surface area contributed by atoms with Crippen LogP contribution in [-0.2, 0) is 6.54 Å². The Hall–Kier alpha value is -0.520. The molecule has 0 saturated carbocycles. The Labute approximate surface area is 75.5 Å². The third kappa shape index (κ3) is 1.48. The summed E-state index contributed by atoms with van der Waals surface area (Å²) in [5.41, 5.74) is 6.65. The van der Waals surface area contributed by atoms with Crippen LogP contribution in [0.4, 0.5) is 0 Å². The first-order chi connectivity index (χ1) is 5.90. The number of nitrogens with zero attached hydrogens (tertiary/aromatic N) is 3. The van der Waals surface area contributed by atoms with Crippen molar-refractivity contribution in [1.82, 2.24) is 14.5 Å². The molecule has 4 nitrogen and oxygen atoms in total. The van der Waals surface area contributed by atoms with Gasteiger partial charge in [-0.2, -0.15) is 0 Å². The lowest BCUT2D eigenvalue weighted by Gasteiger charge is -2.39. The molecule has 1 aromatic heterocycles. The van der Waals surface area contributed by atoms with Gasteiger partial charge < -0.3 is 5.73 Å². The maximum Gasteiger partial charge on any atom is 0.0895 e. The molecule has 0 radical (unpaired) electrons. The molecule has 1 aromatic rings. The van der Waals surface area contributed by atoms with Gasteiger partial charge in [-0.1, -0.05) is 4.49 Å². The van der Waals surface area contributed by atoms with Crippen molar-refractivity contribution in [2.75, 3.05) is 13.1 Å². The minimum Gasteiger partial charge on any atom is -0.329 e. The van der Waals surface area contributed by atoms with E-state index >= 15 is 0 Å². The van der Waals surface area contributed by atoms with Crippen LogP contribution >= 0.6 is 11.5 Å². The van der Waals surface area contributed by atoms with Crippen molar-refractivity contribution in [2.24, 2.45) is 5.73 Å². The molecule has 0 aromatic carbocycles. The van der Waals surface area contributed by atoms with Crippen LogP contribution in [0.2, 0.25) is 0 Å². The van der Waals surface area contributed by atoms with Crippen molar-refractivity contribution in [2.45, 2.75) is 19.0 Å². The summed E-state index contributed by atoms with van der Waals surface area (Å²) < 4.78 is 3.82. The largest absolute Gasteiger partial charge is 0.329 e. The van der Waals surface area contributed by atoms with Crippen molar-refractivity contribution in [1.29, 1.82) is 0 Å². The Kier molecular flexibility index (Phi) is 2.34. The van der Waals surface area contributed by atoms with Gasteiger partial charge in [0.05, 0.1) is 5.69 Å². The average Bonchev–Trinajstić information content (AvgIpc) is 2.51. The van der Waals surface area contributed by atoms with Crippen molar-refractivity contribution in [3.63, 3.8) is 0 Å². The molecule has 0 spiro atoms. The summed E-state index contributed by atoms with van der Waals surface area (Å²) >= 11 is 1.41. The Balaban J connectivity index is 1.88. The highest BCUT2D eigenvalue weighted by molar-refractivity contribution is 7.03. The zero-order valence-corrected chi connectivity index (χ0v) is 7.63. The number of nitrogens with two attached hydrogens (primary N) is 1. The van der Waals surface area contributed by atoms with Crippen molar-refractivity contribution < 1.29 is 0 Å². The molecule has 1 atom stereocenters. The van der Waals surface area contributed by atoms with Gasteiger partial charge in [0.15, 0.2) is 0 Å². The van der Waals surface area contributed by atoms with E-state index in [1.54, 1.807) is 0 Å². The molecule has 1 aliphatic heterocycles. The number of hydrogen-bond acceptors (Lipinski definition) is 5. The van der Waals surface area contributed by atoms with E-state index in [-0.39, 0.29) is 0 Å². The fourth-order valence-corrected chi connectivity index (χ4v) is 1.87. The lowest BCUT2D eigenvalue weighted by atomic mass is 10.0. The normalized spacial score (nSPS) is 23.9. The number of rotatable bonds is 3. The van der Waals surface area contributed by atoms with Crippen molar-refractivity contribution in [3.8, 4) is 0 Å². The van der Waals surface area contributed by atoms with Gasteiger partial charge in [-0.15, -0.1) is 5.10 Å². The molecule has 2 N–H and O–H groups in total. The number of hydrogen-bond donors (Lipinski definition) is 1. The topological polar surface area (TPSA) is 55.0 Å². The highest BCUT2D eigenvalue weighted by Crippen LogP contribution is 2.18. The minimum absolute atomic E-state index is 0.576. The highest BCUT2D eigenvalue weighted by atomic mass is 32.1. The predicted octanol–water partition coefficient (Wildman–Crippen LogP) is 0.0711. The number of likely N-dealkylation sites (tertiary alicyclic amines) is 1. The fraction of sp³-hybridized carbons (Fsp3) is 0.714. The molecule has 1 unspecified atom stereocenters. The second-order valence-electron chi connectivity index (χ2n) is 3.04. The lowest BCUT2D eigenvalue weighted by Crippen LogP contribution is -2.50. The second kappa shape index (κ2) is 3.47. The van der Waals surface area contributed by atoms with Crippen LogP contribution in [0.15, 0.2) is 5.38 Å². The van der Waals surface area contributed by atoms with Crippen LogP contribution in [0.3, 0.4) is 0 Å². The molecule has 1 fully saturated rings. The Morgan fingerprint density at radius 2 is 2.67 bits per heavy atom. The van der Waals surface area contributed by atoms with Gasteiger partial charge in [-0.05, 0) is 18.0 Å². The molecule has 5 heteroatoms. The molecule has 0 bridgehead atoms. The second-order valence-corrected chi connectivity index (χ2v) is 3.65. The lowest BCUT2D eigenvalue weighted by molar-refractivity contribution is 0.0867. The van der Waals surface area contributed by atoms with E-state index in [4.69, 9.17) is 5.73 Å². The van der Waals surface area contributed by atoms with E-state index in [1.165, 1.54) is 18.0 Å². The standard InChI is InChI=1S/C7H12N4S/c8-3-7-1-2-11(7)4-6-5-12-10-9-6/h5,7H,1-4,8H2. The maximum absolute atomic E-state index is 5.58. The molecule has 0 aliphatic carbocycles. The van der Waals surface area contributed by atoms with Crippen molar-refractivity contribution in [3.05, 3.63) is 11.1 Å². The SMILES string of the molecule is NCC1CCN1Cc1csnn1. The fourth-order valence-electron chi connectivity index (χ4n) is 1.43. The smallest absolute Gasteiger partial charge is 0.0895 e. The Bertz CT molecular complexity index is 234. The first kappa shape index (κ1) is 8.10. The zero-order chi connectivity index (χ0) is 8.39. The summed E-state index contributed by atoms with van der Waals surface area (Å²) in [6.07, 6.45) is 1.23. The van der Waals surface area contributed by atoms with Gasteiger partial charge in [-0.3, -0.25) is 4.90 Å². The minimum atomic E-state index is 0.576. The summed E-state index contributed by atoms with van der Waals surface area (Å²) in [4.78, 5) is 2.34. The average molecular weight is 184 g/mol. The summed E-state index contributed by atoms with van der Waals surface area (Å²) in [7, 11) is 0. The van der Waals surface area contributed by atoms with E-state index in [0.717, 1.165) is 25.3 Å². The monoisotopic (exact) mass is 184 g/mol. The summed E-state index contributed by atoms with van der Waals surface area (Å²) in [5.74, 6) is 0. The van der Waals surface area contributed by atoms with Crippen LogP contribution in [0.25, 0.3) is 0 Å². The van der Waals surface area contributed by atoms with Gasteiger partial charge in [0.25, 0.3) is 0 Å². The summed E-state index contributed by atoms with van der Waals surface area (Å²) in [5, 5.41) is 5.98. The van der Waals surface area contributed by atoms with Gasteiger partial charge in [-0.25, -0.2) is 0 Å². The molecule has 66 valence electrons. The summed E-state index contributed by atoms with van der Waals surface area (Å²) in [6, 6.07) is 0.576. The first-order valence-corrected chi connectivity index (χ1v) is 4.94. The third-order valence-corrected chi connectivity index (χ3v) is 2.86. The number of aromatic nitrogens is 2.